The summed E-state index contributed by atoms with van der Waals surface area (Å²) in [5.74, 6) is -1.13. The molecule has 1 amide bonds. The number of carboxylic acids is 1. The SMILES string of the molecule is O=C(COc1ccc(Br)cc1)Nc1cccnc1C(=O)O. The quantitative estimate of drug-likeness (QED) is 0.864. The molecule has 0 spiro atoms. The lowest BCUT2D eigenvalue weighted by Crippen LogP contribution is -2.22. The molecule has 2 aromatic rings. The lowest BCUT2D eigenvalue weighted by atomic mass is 10.3. The molecule has 0 atom stereocenters. The number of pyridine rings is 1. The van der Waals surface area contributed by atoms with E-state index in [1.807, 2.05) is 0 Å². The van der Waals surface area contributed by atoms with Gasteiger partial charge in [-0.15, -0.1) is 0 Å². The monoisotopic (exact) mass is 350 g/mol. The van der Waals surface area contributed by atoms with Crippen molar-refractivity contribution in [1.29, 1.82) is 0 Å². The maximum atomic E-state index is 11.8. The second-order valence-electron chi connectivity index (χ2n) is 4.00. The van der Waals surface area contributed by atoms with E-state index in [2.05, 4.69) is 26.2 Å². The predicted octanol–water partition coefficient (Wildman–Crippen LogP) is 2.56. The molecular weight excluding hydrogens is 340 g/mol. The molecule has 2 rings (SSSR count). The molecular formula is C14H11BrN2O4. The highest BCUT2D eigenvalue weighted by atomic mass is 79.9. The summed E-state index contributed by atoms with van der Waals surface area (Å²) in [6.07, 6.45) is 1.34. The Bertz CT molecular complexity index is 658. The van der Waals surface area contributed by atoms with E-state index in [0.29, 0.717) is 5.75 Å². The van der Waals surface area contributed by atoms with Crippen molar-refractivity contribution in [2.45, 2.75) is 0 Å². The number of carboxylic acid groups (broad SMARTS) is 1. The second kappa shape index (κ2) is 6.85. The number of ether oxygens (including phenoxy) is 1. The molecule has 1 aromatic carbocycles. The topological polar surface area (TPSA) is 88.5 Å². The Balaban J connectivity index is 1.96. The minimum absolute atomic E-state index is 0.134. The van der Waals surface area contributed by atoms with E-state index in [0.717, 1.165) is 4.47 Å². The van der Waals surface area contributed by atoms with Gasteiger partial charge in [-0.2, -0.15) is 0 Å². The number of aromatic nitrogens is 1. The van der Waals surface area contributed by atoms with E-state index in [-0.39, 0.29) is 18.0 Å². The zero-order chi connectivity index (χ0) is 15.2. The Morgan fingerprint density at radius 2 is 1.95 bits per heavy atom. The summed E-state index contributed by atoms with van der Waals surface area (Å²) < 4.78 is 6.20. The van der Waals surface area contributed by atoms with Crippen molar-refractivity contribution in [1.82, 2.24) is 4.98 Å². The number of rotatable bonds is 5. The van der Waals surface area contributed by atoms with Crippen LogP contribution in [-0.2, 0) is 4.79 Å². The van der Waals surface area contributed by atoms with Crippen LogP contribution in [-0.4, -0.2) is 28.6 Å². The van der Waals surface area contributed by atoms with Crippen molar-refractivity contribution < 1.29 is 19.4 Å². The van der Waals surface area contributed by atoms with Gasteiger partial charge in [0.05, 0.1) is 5.69 Å². The molecule has 6 nitrogen and oxygen atoms in total. The molecule has 0 saturated heterocycles. The lowest BCUT2D eigenvalue weighted by molar-refractivity contribution is -0.118. The van der Waals surface area contributed by atoms with E-state index < -0.39 is 11.9 Å². The Morgan fingerprint density at radius 1 is 1.24 bits per heavy atom. The van der Waals surface area contributed by atoms with Gasteiger partial charge in [0.2, 0.25) is 0 Å². The number of halogens is 1. The number of amides is 1. The Hall–Kier alpha value is -2.41. The van der Waals surface area contributed by atoms with Crippen LogP contribution in [0.15, 0.2) is 47.1 Å². The standard InChI is InChI=1S/C14H11BrN2O4/c15-9-3-5-10(6-4-9)21-8-12(18)17-11-2-1-7-16-13(11)14(19)20/h1-7H,8H2,(H,17,18)(H,19,20). The van der Waals surface area contributed by atoms with Crippen molar-refractivity contribution in [2.24, 2.45) is 0 Å². The van der Waals surface area contributed by atoms with Gasteiger partial charge in [0.25, 0.3) is 5.91 Å². The first kappa shape index (κ1) is 15.0. The Morgan fingerprint density at radius 3 is 2.62 bits per heavy atom. The molecule has 0 aliphatic carbocycles. The van der Waals surface area contributed by atoms with Crippen LogP contribution in [0.4, 0.5) is 5.69 Å². The Labute approximate surface area is 128 Å². The molecule has 0 unspecified atom stereocenters. The van der Waals surface area contributed by atoms with Gasteiger partial charge < -0.3 is 15.2 Å². The molecule has 108 valence electrons. The van der Waals surface area contributed by atoms with Crippen molar-refractivity contribution in [3.05, 3.63) is 52.8 Å². The van der Waals surface area contributed by atoms with Crippen LogP contribution in [0.3, 0.4) is 0 Å². The van der Waals surface area contributed by atoms with Crippen LogP contribution in [0.25, 0.3) is 0 Å². The van der Waals surface area contributed by atoms with Crippen LogP contribution in [0.5, 0.6) is 5.75 Å². The number of carbonyl (C=O) groups excluding carboxylic acids is 1. The molecule has 21 heavy (non-hydrogen) atoms. The fraction of sp³-hybridized carbons (Fsp3) is 0.0714. The molecule has 1 heterocycles. The number of anilines is 1. The summed E-state index contributed by atoms with van der Waals surface area (Å²) >= 11 is 3.29. The molecule has 0 aliphatic rings. The number of nitrogens with zero attached hydrogens (tertiary/aromatic N) is 1. The smallest absolute Gasteiger partial charge is 0.356 e. The van der Waals surface area contributed by atoms with E-state index in [1.165, 1.54) is 18.3 Å². The maximum absolute atomic E-state index is 11.8. The number of aromatic carboxylic acids is 1. The number of hydrogen-bond donors (Lipinski definition) is 2. The number of hydrogen-bond acceptors (Lipinski definition) is 4. The van der Waals surface area contributed by atoms with Gasteiger partial charge in [-0.1, -0.05) is 15.9 Å². The second-order valence-corrected chi connectivity index (χ2v) is 4.91. The summed E-state index contributed by atoms with van der Waals surface area (Å²) in [5, 5.41) is 11.4. The maximum Gasteiger partial charge on any atom is 0.356 e. The fourth-order valence-electron chi connectivity index (χ4n) is 1.54. The van der Waals surface area contributed by atoms with Crippen LogP contribution in [0, 0.1) is 0 Å². The van der Waals surface area contributed by atoms with Crippen LogP contribution in [0.2, 0.25) is 0 Å². The fourth-order valence-corrected chi connectivity index (χ4v) is 1.81. The highest BCUT2D eigenvalue weighted by Gasteiger charge is 2.13. The van der Waals surface area contributed by atoms with Crippen molar-refractivity contribution in [3.63, 3.8) is 0 Å². The van der Waals surface area contributed by atoms with Gasteiger partial charge in [0.1, 0.15) is 5.75 Å². The van der Waals surface area contributed by atoms with Gasteiger partial charge in [-0.3, -0.25) is 4.79 Å². The average Bonchev–Trinajstić information content (AvgIpc) is 2.47. The van der Waals surface area contributed by atoms with Crippen molar-refractivity contribution in [2.75, 3.05) is 11.9 Å². The minimum atomic E-state index is -1.21. The molecule has 0 radical (unpaired) electrons. The average molecular weight is 351 g/mol. The summed E-state index contributed by atoms with van der Waals surface area (Å²) in [5.41, 5.74) is -0.0797. The highest BCUT2D eigenvalue weighted by molar-refractivity contribution is 9.10. The van der Waals surface area contributed by atoms with Gasteiger partial charge in [-0.05, 0) is 36.4 Å². The lowest BCUT2D eigenvalue weighted by Gasteiger charge is -2.09. The van der Waals surface area contributed by atoms with E-state index in [1.54, 1.807) is 24.3 Å². The number of carbonyl (C=O) groups is 2. The van der Waals surface area contributed by atoms with Crippen molar-refractivity contribution in [3.8, 4) is 5.75 Å². The van der Waals surface area contributed by atoms with Gasteiger partial charge >= 0.3 is 5.97 Å². The van der Waals surface area contributed by atoms with Gasteiger partial charge in [0, 0.05) is 10.7 Å². The number of benzene rings is 1. The van der Waals surface area contributed by atoms with Crippen LogP contribution in [0.1, 0.15) is 10.5 Å². The molecule has 0 aliphatic heterocycles. The Kier molecular flexibility index (Phi) is 4.89. The molecule has 7 heteroatoms. The summed E-state index contributed by atoms with van der Waals surface area (Å²) in [6, 6.07) is 10.0. The third-order valence-corrected chi connectivity index (χ3v) is 3.00. The van der Waals surface area contributed by atoms with Gasteiger partial charge in [-0.25, -0.2) is 9.78 Å². The molecule has 0 saturated carbocycles. The van der Waals surface area contributed by atoms with Gasteiger partial charge in [0.15, 0.2) is 12.3 Å². The van der Waals surface area contributed by atoms with E-state index in [9.17, 15) is 9.59 Å². The van der Waals surface area contributed by atoms with Crippen LogP contribution < -0.4 is 10.1 Å². The van der Waals surface area contributed by atoms with Crippen molar-refractivity contribution >= 4 is 33.5 Å². The van der Waals surface area contributed by atoms with Crippen LogP contribution >= 0.6 is 15.9 Å². The summed E-state index contributed by atoms with van der Waals surface area (Å²) in [7, 11) is 0. The minimum Gasteiger partial charge on any atom is -0.484 e. The highest BCUT2D eigenvalue weighted by Crippen LogP contribution is 2.16. The van der Waals surface area contributed by atoms with E-state index in [4.69, 9.17) is 9.84 Å². The first-order chi connectivity index (χ1) is 10.1. The zero-order valence-corrected chi connectivity index (χ0v) is 12.3. The normalized spacial score (nSPS) is 9.95. The predicted molar refractivity (Wildman–Crippen MR) is 79.5 cm³/mol. The first-order valence-electron chi connectivity index (χ1n) is 5.93. The summed E-state index contributed by atoms with van der Waals surface area (Å²) in [6.45, 7) is -0.227. The largest absolute Gasteiger partial charge is 0.484 e. The first-order valence-corrected chi connectivity index (χ1v) is 6.72. The third-order valence-electron chi connectivity index (χ3n) is 2.47. The molecule has 0 bridgehead atoms. The molecule has 2 N–H and O–H groups in total. The number of nitrogens with one attached hydrogen (secondary N) is 1. The zero-order valence-electron chi connectivity index (χ0n) is 10.7. The molecule has 0 fully saturated rings. The van der Waals surface area contributed by atoms with E-state index >= 15 is 0 Å². The third kappa shape index (κ3) is 4.28. The molecule has 1 aromatic heterocycles. The summed E-state index contributed by atoms with van der Waals surface area (Å²) in [4.78, 5) is 26.4.